The number of nitrogens with one attached hydrogen (secondary N) is 1. The van der Waals surface area contributed by atoms with E-state index < -0.39 is 11.6 Å². The monoisotopic (exact) mass is 198 g/mol. The van der Waals surface area contributed by atoms with E-state index in [9.17, 15) is 4.79 Å². The van der Waals surface area contributed by atoms with E-state index in [0.29, 0.717) is 12.8 Å². The molecule has 0 radical (unpaired) electrons. The number of rotatable bonds is 4. The quantitative estimate of drug-likeness (QED) is 0.753. The van der Waals surface area contributed by atoms with Gasteiger partial charge in [0, 0.05) is 0 Å². The number of hydrogen-bond donors (Lipinski definition) is 1. The zero-order valence-electron chi connectivity index (χ0n) is 9.26. The lowest BCUT2D eigenvalue weighted by molar-refractivity contribution is 0.107. The summed E-state index contributed by atoms with van der Waals surface area (Å²) in [7, 11) is 0. The van der Waals surface area contributed by atoms with Gasteiger partial charge in [0.15, 0.2) is 0 Å². The van der Waals surface area contributed by atoms with E-state index in [4.69, 9.17) is 10.00 Å². The second-order valence-corrected chi connectivity index (χ2v) is 3.48. The molecule has 0 unspecified atom stereocenters. The van der Waals surface area contributed by atoms with E-state index in [0.717, 1.165) is 0 Å². The SMILES string of the molecule is CCC(C#N)(CC)NC(=O)OC(C)C. The van der Waals surface area contributed by atoms with Gasteiger partial charge in [-0.1, -0.05) is 13.8 Å². The summed E-state index contributed by atoms with van der Waals surface area (Å²) in [6, 6.07) is 2.11. The molecule has 0 aliphatic rings. The largest absolute Gasteiger partial charge is 0.447 e. The summed E-state index contributed by atoms with van der Waals surface area (Å²) in [6.45, 7) is 7.27. The summed E-state index contributed by atoms with van der Waals surface area (Å²) in [4.78, 5) is 11.3. The molecule has 0 aromatic carbocycles. The average molecular weight is 198 g/mol. The average Bonchev–Trinajstić information content (AvgIpc) is 2.13. The van der Waals surface area contributed by atoms with Crippen LogP contribution in [0.5, 0.6) is 0 Å². The fraction of sp³-hybridized carbons (Fsp3) is 0.800. The van der Waals surface area contributed by atoms with Crippen molar-refractivity contribution < 1.29 is 9.53 Å². The van der Waals surface area contributed by atoms with Gasteiger partial charge in [-0.2, -0.15) is 5.26 Å². The van der Waals surface area contributed by atoms with Crippen LogP contribution in [0, 0.1) is 11.3 Å². The molecule has 0 aliphatic heterocycles. The number of hydrogen-bond acceptors (Lipinski definition) is 3. The van der Waals surface area contributed by atoms with Gasteiger partial charge in [-0.3, -0.25) is 0 Å². The molecule has 0 fully saturated rings. The molecule has 0 rings (SSSR count). The Morgan fingerprint density at radius 1 is 1.50 bits per heavy atom. The first kappa shape index (κ1) is 12.8. The molecule has 4 heteroatoms. The molecule has 0 bridgehead atoms. The lowest BCUT2D eigenvalue weighted by Gasteiger charge is -2.24. The van der Waals surface area contributed by atoms with E-state index in [1.807, 2.05) is 13.8 Å². The zero-order chi connectivity index (χ0) is 11.2. The minimum absolute atomic E-state index is 0.167. The third-order valence-corrected chi connectivity index (χ3v) is 2.11. The molecular weight excluding hydrogens is 180 g/mol. The molecule has 14 heavy (non-hydrogen) atoms. The Hall–Kier alpha value is -1.24. The first-order valence-corrected chi connectivity index (χ1v) is 4.89. The maximum Gasteiger partial charge on any atom is 0.408 e. The van der Waals surface area contributed by atoms with Gasteiger partial charge in [0.1, 0.15) is 5.54 Å². The summed E-state index contributed by atoms with van der Waals surface area (Å²) in [5, 5.41) is 11.5. The van der Waals surface area contributed by atoms with Crippen LogP contribution in [0.3, 0.4) is 0 Å². The van der Waals surface area contributed by atoms with Crippen molar-refractivity contribution >= 4 is 6.09 Å². The predicted molar refractivity (Wildman–Crippen MR) is 53.7 cm³/mol. The Balaban J connectivity index is 4.32. The van der Waals surface area contributed by atoms with Crippen molar-refractivity contribution in [3.05, 3.63) is 0 Å². The highest BCUT2D eigenvalue weighted by Crippen LogP contribution is 2.13. The molecule has 0 saturated carbocycles. The van der Waals surface area contributed by atoms with Crippen molar-refractivity contribution in [1.82, 2.24) is 5.32 Å². The fourth-order valence-corrected chi connectivity index (χ4v) is 1.05. The molecule has 0 atom stereocenters. The van der Waals surface area contributed by atoms with Gasteiger partial charge < -0.3 is 10.1 Å². The number of amides is 1. The highest BCUT2D eigenvalue weighted by atomic mass is 16.6. The summed E-state index contributed by atoms with van der Waals surface area (Å²) >= 11 is 0. The zero-order valence-corrected chi connectivity index (χ0v) is 9.26. The van der Waals surface area contributed by atoms with E-state index in [1.54, 1.807) is 13.8 Å². The topological polar surface area (TPSA) is 62.1 Å². The van der Waals surface area contributed by atoms with Gasteiger partial charge >= 0.3 is 6.09 Å². The van der Waals surface area contributed by atoms with E-state index >= 15 is 0 Å². The highest BCUT2D eigenvalue weighted by molar-refractivity contribution is 5.69. The number of ether oxygens (including phenoxy) is 1. The molecule has 80 valence electrons. The van der Waals surface area contributed by atoms with Crippen LogP contribution in [0.25, 0.3) is 0 Å². The smallest absolute Gasteiger partial charge is 0.408 e. The Morgan fingerprint density at radius 2 is 2.00 bits per heavy atom. The Bertz CT molecular complexity index is 227. The van der Waals surface area contributed by atoms with Gasteiger partial charge in [0.2, 0.25) is 0 Å². The number of nitrogens with zero attached hydrogens (tertiary/aromatic N) is 1. The van der Waals surface area contributed by atoms with Crippen LogP contribution in [0.1, 0.15) is 40.5 Å². The van der Waals surface area contributed by atoms with Crippen molar-refractivity contribution in [2.45, 2.75) is 52.2 Å². The summed E-state index contributed by atoms with van der Waals surface area (Å²) < 4.78 is 4.91. The minimum Gasteiger partial charge on any atom is -0.447 e. The number of alkyl carbamates (subject to hydrolysis) is 1. The minimum atomic E-state index is -0.786. The maximum absolute atomic E-state index is 11.3. The number of nitriles is 1. The van der Waals surface area contributed by atoms with Crippen LogP contribution in [0.15, 0.2) is 0 Å². The van der Waals surface area contributed by atoms with Gasteiger partial charge in [0.05, 0.1) is 12.2 Å². The normalized spacial score (nSPS) is 10.9. The molecule has 0 aromatic rings. The maximum atomic E-state index is 11.3. The van der Waals surface area contributed by atoms with Crippen LogP contribution in [-0.4, -0.2) is 17.7 Å². The lowest BCUT2D eigenvalue weighted by Crippen LogP contribution is -2.47. The molecule has 0 aromatic heterocycles. The van der Waals surface area contributed by atoms with Crippen LogP contribution < -0.4 is 5.32 Å². The highest BCUT2D eigenvalue weighted by Gasteiger charge is 2.28. The molecule has 4 nitrogen and oxygen atoms in total. The first-order chi connectivity index (χ1) is 6.49. The molecule has 0 saturated heterocycles. The van der Waals surface area contributed by atoms with Crippen molar-refractivity contribution in [2.75, 3.05) is 0 Å². The van der Waals surface area contributed by atoms with Crippen molar-refractivity contribution in [2.24, 2.45) is 0 Å². The van der Waals surface area contributed by atoms with Crippen molar-refractivity contribution in [1.29, 1.82) is 5.26 Å². The summed E-state index contributed by atoms with van der Waals surface area (Å²) in [5.41, 5.74) is -0.786. The molecule has 1 amide bonds. The molecular formula is C10H18N2O2. The van der Waals surface area contributed by atoms with E-state index in [2.05, 4.69) is 11.4 Å². The van der Waals surface area contributed by atoms with Crippen molar-refractivity contribution in [3.8, 4) is 6.07 Å². The molecule has 0 aliphatic carbocycles. The third-order valence-electron chi connectivity index (χ3n) is 2.11. The Labute approximate surface area is 85.2 Å². The Morgan fingerprint density at radius 3 is 2.29 bits per heavy atom. The number of carbonyl (C=O) groups excluding carboxylic acids is 1. The van der Waals surface area contributed by atoms with Gasteiger partial charge in [0.25, 0.3) is 0 Å². The molecule has 1 N–H and O–H groups in total. The van der Waals surface area contributed by atoms with E-state index in [1.165, 1.54) is 0 Å². The summed E-state index contributed by atoms with van der Waals surface area (Å²) in [6.07, 6.45) is 0.464. The van der Waals surface area contributed by atoms with E-state index in [-0.39, 0.29) is 6.10 Å². The predicted octanol–water partition coefficient (Wildman–Crippen LogP) is 2.20. The van der Waals surface area contributed by atoms with Crippen LogP contribution in [0.2, 0.25) is 0 Å². The van der Waals surface area contributed by atoms with Gasteiger partial charge in [-0.05, 0) is 26.7 Å². The Kier molecular flexibility index (Phi) is 5.00. The van der Waals surface area contributed by atoms with Crippen LogP contribution in [0.4, 0.5) is 4.79 Å². The standard InChI is InChI=1S/C10H18N2O2/c1-5-10(6-2,7-11)12-9(13)14-8(3)4/h8H,5-6H2,1-4H3,(H,12,13). The second-order valence-electron chi connectivity index (χ2n) is 3.48. The van der Waals surface area contributed by atoms with Gasteiger partial charge in [-0.15, -0.1) is 0 Å². The van der Waals surface area contributed by atoms with Crippen LogP contribution in [-0.2, 0) is 4.74 Å². The molecule has 0 spiro atoms. The van der Waals surface area contributed by atoms with Crippen LogP contribution >= 0.6 is 0 Å². The molecule has 0 heterocycles. The van der Waals surface area contributed by atoms with Crippen molar-refractivity contribution in [3.63, 3.8) is 0 Å². The summed E-state index contributed by atoms with van der Waals surface area (Å²) in [5.74, 6) is 0. The second kappa shape index (κ2) is 5.48. The van der Waals surface area contributed by atoms with Gasteiger partial charge in [-0.25, -0.2) is 4.79 Å². The number of carbonyl (C=O) groups is 1. The third kappa shape index (κ3) is 3.65. The first-order valence-electron chi connectivity index (χ1n) is 4.89. The fourth-order valence-electron chi connectivity index (χ4n) is 1.05. The lowest BCUT2D eigenvalue weighted by atomic mass is 9.95.